The van der Waals surface area contributed by atoms with Gasteiger partial charge in [-0.15, -0.1) is 0 Å². The molecule has 2 amide bonds. The minimum absolute atomic E-state index is 0.175. The molecular weight excluding hydrogens is 340 g/mol. The molecule has 6 nitrogen and oxygen atoms in total. The Kier molecular flexibility index (Phi) is 6.27. The first-order valence-electron chi connectivity index (χ1n) is 9.85. The summed E-state index contributed by atoms with van der Waals surface area (Å²) < 4.78 is 1.91. The van der Waals surface area contributed by atoms with Gasteiger partial charge in [0, 0.05) is 18.8 Å². The van der Waals surface area contributed by atoms with E-state index in [0.717, 1.165) is 62.0 Å². The number of fused-ring (bicyclic) bond motifs is 1. The molecule has 0 radical (unpaired) electrons. The fourth-order valence-corrected chi connectivity index (χ4v) is 3.38. The van der Waals surface area contributed by atoms with Gasteiger partial charge in [0.15, 0.2) is 5.82 Å². The molecular formula is C21H28N4O2. The van der Waals surface area contributed by atoms with Crippen LogP contribution >= 0.6 is 0 Å². The number of imidazole rings is 1. The Labute approximate surface area is 160 Å². The molecule has 1 aliphatic rings. The largest absolute Gasteiger partial charge is 0.351 e. The van der Waals surface area contributed by atoms with Crippen LogP contribution in [0.3, 0.4) is 0 Å². The van der Waals surface area contributed by atoms with E-state index in [1.54, 1.807) is 0 Å². The van der Waals surface area contributed by atoms with Crippen LogP contribution in [0.2, 0.25) is 0 Å². The van der Waals surface area contributed by atoms with E-state index < -0.39 is 0 Å². The van der Waals surface area contributed by atoms with E-state index in [9.17, 15) is 9.59 Å². The Morgan fingerprint density at radius 1 is 1.11 bits per heavy atom. The molecule has 27 heavy (non-hydrogen) atoms. The van der Waals surface area contributed by atoms with E-state index in [0.29, 0.717) is 18.1 Å². The van der Waals surface area contributed by atoms with Gasteiger partial charge in [0.1, 0.15) is 5.69 Å². The quantitative estimate of drug-likeness (QED) is 0.732. The summed E-state index contributed by atoms with van der Waals surface area (Å²) in [6.45, 7) is 5.50. The number of amides is 2. The average molecular weight is 368 g/mol. The van der Waals surface area contributed by atoms with Crippen molar-refractivity contribution in [3.63, 3.8) is 0 Å². The van der Waals surface area contributed by atoms with Crippen LogP contribution in [-0.4, -0.2) is 27.9 Å². The fourth-order valence-electron chi connectivity index (χ4n) is 3.38. The topological polar surface area (TPSA) is 76.0 Å². The number of unbranched alkanes of at least 4 members (excludes halogenated alkanes) is 2. The predicted octanol–water partition coefficient (Wildman–Crippen LogP) is 3.70. The van der Waals surface area contributed by atoms with Gasteiger partial charge < -0.3 is 15.2 Å². The van der Waals surface area contributed by atoms with Crippen molar-refractivity contribution in [1.29, 1.82) is 0 Å². The van der Waals surface area contributed by atoms with Gasteiger partial charge in [-0.25, -0.2) is 4.98 Å². The highest BCUT2D eigenvalue weighted by atomic mass is 16.2. The van der Waals surface area contributed by atoms with Crippen molar-refractivity contribution in [3.05, 3.63) is 47.0 Å². The van der Waals surface area contributed by atoms with Crippen molar-refractivity contribution in [2.45, 2.75) is 58.9 Å². The molecule has 1 aliphatic heterocycles. The Balaban J connectivity index is 1.78. The number of benzene rings is 1. The van der Waals surface area contributed by atoms with Gasteiger partial charge >= 0.3 is 0 Å². The number of hydrogen-bond donors (Lipinski definition) is 2. The van der Waals surface area contributed by atoms with Crippen molar-refractivity contribution >= 4 is 17.5 Å². The standard InChI is InChI=1S/C21H28N4O2/c1-3-4-6-13-22-20(26)18-17-8-5-7-14-25(17)19(24-18)21(27)23-16-11-9-15(2)10-12-16/h9-12H,3-8,13-14H2,1-2H3,(H,22,26)(H,23,27). The molecule has 2 aromatic rings. The fraction of sp³-hybridized carbons (Fsp3) is 0.476. The van der Waals surface area contributed by atoms with Crippen LogP contribution in [0, 0.1) is 6.92 Å². The normalized spacial score (nSPS) is 13.1. The number of aromatic nitrogens is 2. The zero-order valence-electron chi connectivity index (χ0n) is 16.2. The Morgan fingerprint density at radius 3 is 2.63 bits per heavy atom. The third kappa shape index (κ3) is 4.56. The summed E-state index contributed by atoms with van der Waals surface area (Å²) in [6.07, 6.45) is 5.94. The molecule has 6 heteroatoms. The van der Waals surface area contributed by atoms with Crippen LogP contribution in [0.25, 0.3) is 0 Å². The Morgan fingerprint density at radius 2 is 1.89 bits per heavy atom. The van der Waals surface area contributed by atoms with Gasteiger partial charge in [-0.1, -0.05) is 37.5 Å². The minimum atomic E-state index is -0.271. The SMILES string of the molecule is CCCCCNC(=O)c1nc(C(=O)Nc2ccc(C)cc2)n2c1CCCC2. The summed E-state index contributed by atoms with van der Waals surface area (Å²) in [5, 5.41) is 5.84. The van der Waals surface area contributed by atoms with Gasteiger partial charge in [0.25, 0.3) is 11.8 Å². The first-order chi connectivity index (χ1) is 13.1. The number of anilines is 1. The van der Waals surface area contributed by atoms with Crippen molar-refractivity contribution in [2.75, 3.05) is 11.9 Å². The number of hydrogen-bond acceptors (Lipinski definition) is 3. The second-order valence-electron chi connectivity index (χ2n) is 7.12. The average Bonchev–Trinajstić information content (AvgIpc) is 3.07. The predicted molar refractivity (Wildman–Crippen MR) is 106 cm³/mol. The molecule has 1 aromatic carbocycles. The summed E-state index contributed by atoms with van der Waals surface area (Å²) in [5.74, 6) is -0.123. The molecule has 3 rings (SSSR count). The zero-order chi connectivity index (χ0) is 19.2. The van der Waals surface area contributed by atoms with Crippen LogP contribution in [0.15, 0.2) is 24.3 Å². The highest BCUT2D eigenvalue weighted by molar-refractivity contribution is 6.03. The molecule has 2 heterocycles. The van der Waals surface area contributed by atoms with E-state index >= 15 is 0 Å². The van der Waals surface area contributed by atoms with Crippen molar-refractivity contribution in [1.82, 2.24) is 14.9 Å². The second-order valence-corrected chi connectivity index (χ2v) is 7.12. The van der Waals surface area contributed by atoms with Crippen LogP contribution in [-0.2, 0) is 13.0 Å². The lowest BCUT2D eigenvalue weighted by atomic mass is 10.1. The number of carbonyl (C=O) groups excluding carboxylic acids is 2. The molecule has 2 N–H and O–H groups in total. The number of aryl methyl sites for hydroxylation is 1. The van der Waals surface area contributed by atoms with Gasteiger partial charge in [-0.2, -0.15) is 0 Å². The summed E-state index contributed by atoms with van der Waals surface area (Å²) in [6, 6.07) is 7.64. The summed E-state index contributed by atoms with van der Waals surface area (Å²) in [5.41, 5.74) is 3.14. The maximum atomic E-state index is 12.8. The van der Waals surface area contributed by atoms with E-state index in [1.807, 2.05) is 35.8 Å². The summed E-state index contributed by atoms with van der Waals surface area (Å²) in [4.78, 5) is 29.8. The molecule has 0 unspecified atom stereocenters. The van der Waals surface area contributed by atoms with Gasteiger partial charge in [-0.05, 0) is 44.7 Å². The first kappa shape index (κ1) is 19.1. The lowest BCUT2D eigenvalue weighted by Gasteiger charge is -2.17. The maximum absolute atomic E-state index is 12.8. The second kappa shape index (κ2) is 8.84. The Bertz CT molecular complexity index is 808. The molecule has 0 saturated carbocycles. The lowest BCUT2D eigenvalue weighted by molar-refractivity contribution is 0.0947. The summed E-state index contributed by atoms with van der Waals surface area (Å²) >= 11 is 0. The van der Waals surface area contributed by atoms with Crippen LogP contribution in [0.1, 0.15) is 71.4 Å². The molecule has 0 spiro atoms. The van der Waals surface area contributed by atoms with E-state index in [2.05, 4.69) is 22.5 Å². The van der Waals surface area contributed by atoms with Crippen molar-refractivity contribution < 1.29 is 9.59 Å². The monoisotopic (exact) mass is 368 g/mol. The molecule has 0 saturated heterocycles. The molecule has 0 bridgehead atoms. The zero-order valence-corrected chi connectivity index (χ0v) is 16.2. The molecule has 144 valence electrons. The molecule has 0 aliphatic carbocycles. The van der Waals surface area contributed by atoms with Crippen LogP contribution < -0.4 is 10.6 Å². The lowest BCUT2D eigenvalue weighted by Crippen LogP contribution is -2.26. The molecule has 0 atom stereocenters. The van der Waals surface area contributed by atoms with Gasteiger partial charge in [0.2, 0.25) is 0 Å². The van der Waals surface area contributed by atoms with Crippen molar-refractivity contribution in [2.24, 2.45) is 0 Å². The summed E-state index contributed by atoms with van der Waals surface area (Å²) in [7, 11) is 0. The number of nitrogens with zero attached hydrogens (tertiary/aromatic N) is 2. The highest BCUT2D eigenvalue weighted by Gasteiger charge is 2.27. The van der Waals surface area contributed by atoms with Crippen LogP contribution in [0.5, 0.6) is 0 Å². The highest BCUT2D eigenvalue weighted by Crippen LogP contribution is 2.22. The third-order valence-corrected chi connectivity index (χ3v) is 4.91. The van der Waals surface area contributed by atoms with Gasteiger partial charge in [0.05, 0.1) is 5.69 Å². The van der Waals surface area contributed by atoms with E-state index in [-0.39, 0.29) is 11.8 Å². The smallest absolute Gasteiger partial charge is 0.291 e. The van der Waals surface area contributed by atoms with E-state index in [1.165, 1.54) is 0 Å². The molecule has 1 aromatic heterocycles. The number of nitrogens with one attached hydrogen (secondary N) is 2. The Hall–Kier alpha value is -2.63. The molecule has 0 fully saturated rings. The third-order valence-electron chi connectivity index (χ3n) is 4.91. The first-order valence-corrected chi connectivity index (χ1v) is 9.85. The van der Waals surface area contributed by atoms with Crippen LogP contribution in [0.4, 0.5) is 5.69 Å². The minimum Gasteiger partial charge on any atom is -0.351 e. The van der Waals surface area contributed by atoms with Crippen molar-refractivity contribution in [3.8, 4) is 0 Å². The number of rotatable bonds is 7. The maximum Gasteiger partial charge on any atom is 0.291 e. The van der Waals surface area contributed by atoms with E-state index in [4.69, 9.17) is 0 Å². The van der Waals surface area contributed by atoms with Gasteiger partial charge in [-0.3, -0.25) is 9.59 Å². The number of carbonyl (C=O) groups is 2.